The molecule has 11 aliphatic rings. The second-order valence-electron chi connectivity index (χ2n) is 34.4. The Kier molecular flexibility index (Phi) is 29.7. The molecule has 0 radical (unpaired) electrons. The Balaban J connectivity index is 1.15. The van der Waals surface area contributed by atoms with Crippen molar-refractivity contribution >= 4 is 70.9 Å². The highest BCUT2D eigenvalue weighted by Gasteiger charge is 2.60. The number of likely N-dealkylation sites (tertiary alicyclic amines) is 1. The average Bonchev–Trinajstić information content (AvgIpc) is 1.32. The van der Waals surface area contributed by atoms with E-state index < -0.39 is 186 Å². The molecule has 11 rings (SSSR count). The van der Waals surface area contributed by atoms with Crippen molar-refractivity contribution in [2.45, 2.75) is 287 Å². The highest BCUT2D eigenvalue weighted by molar-refractivity contribution is 6.01. The number of rotatable bonds is 10. The lowest BCUT2D eigenvalue weighted by Gasteiger charge is -2.54. The molecule has 3 N–H and O–H groups in total. The maximum absolute atomic E-state index is 16.0. The maximum atomic E-state index is 16.0. The first kappa shape index (κ1) is 86.1. The van der Waals surface area contributed by atoms with Gasteiger partial charge in [-0.05, 0) is 138 Å². The van der Waals surface area contributed by atoms with Crippen molar-refractivity contribution in [1.29, 1.82) is 0 Å². The third-order valence-corrected chi connectivity index (χ3v) is 26.1. The molecule has 0 aromatic heterocycles. The highest BCUT2D eigenvalue weighted by Crippen LogP contribution is 2.50. The lowest BCUT2D eigenvalue weighted by atomic mass is 9.58. The molecule has 13 atom stereocenters. The van der Waals surface area contributed by atoms with Crippen molar-refractivity contribution in [3.05, 3.63) is 12.2 Å². The molecule has 10 fully saturated rings. The molecule has 26 nitrogen and oxygen atoms in total. The maximum Gasteiger partial charge on any atom is 0.394 e. The summed E-state index contributed by atoms with van der Waals surface area (Å²) in [5.41, 5.74) is -2.16. The van der Waals surface area contributed by atoms with E-state index in [1.165, 1.54) is 88.6 Å². The number of hydrogen-bond acceptors (Lipinski definition) is 14. The van der Waals surface area contributed by atoms with Crippen LogP contribution in [0.25, 0.3) is 0 Å². The first-order valence-electron chi connectivity index (χ1n) is 40.9. The molecule has 7 heterocycles. The van der Waals surface area contributed by atoms with E-state index in [0.29, 0.717) is 70.4 Å². The van der Waals surface area contributed by atoms with Gasteiger partial charge in [-0.2, -0.15) is 13.2 Å². The van der Waals surface area contributed by atoms with E-state index in [-0.39, 0.29) is 102 Å². The van der Waals surface area contributed by atoms with Gasteiger partial charge in [0.1, 0.15) is 53.9 Å². The molecule has 3 unspecified atom stereocenters. The average molecular weight is 1540 g/mol. The quantitative estimate of drug-likeness (QED) is 0.153. The van der Waals surface area contributed by atoms with Crippen molar-refractivity contribution < 1.29 is 80.2 Å². The molecular weight excluding hydrogens is 1410 g/mol. The van der Waals surface area contributed by atoms with Crippen LogP contribution in [0.4, 0.5) is 13.2 Å². The largest absolute Gasteiger partial charge is 0.394 e. The fourth-order valence-corrected chi connectivity index (χ4v) is 19.6. The summed E-state index contributed by atoms with van der Waals surface area (Å²) in [5.74, 6) is -10.1. The van der Waals surface area contributed by atoms with E-state index >= 15 is 47.9 Å². The van der Waals surface area contributed by atoms with Crippen LogP contribution in [0, 0.1) is 40.9 Å². The molecule has 7 aliphatic heterocycles. The summed E-state index contributed by atoms with van der Waals surface area (Å²) in [6.07, 6.45) is 8.02. The van der Waals surface area contributed by atoms with Crippen molar-refractivity contribution in [3.8, 4) is 0 Å². The highest BCUT2D eigenvalue weighted by atomic mass is 19.4. The molecule has 12 amide bonds. The number of methoxy groups -OCH3 is 1. The number of nitrogens with zero attached hydrogens (tertiary/aromatic N) is 9. The minimum atomic E-state index is -4.52. The minimum absolute atomic E-state index is 0.0164. The summed E-state index contributed by atoms with van der Waals surface area (Å²) in [7, 11) is 10.1. The molecule has 6 saturated heterocycles. The number of ether oxygens (including phenoxy) is 2. The SMILES string of the molecule is CCO[C@@H]1C[C@H]2C(=O)NC3(CC(C)(C)C3)C(=O)N(C)[C@@H](C3CCCC3)C(=O)N(C)[C@H](C(=O)N3CCCC3)CC(=O)N(C)[C@H]3CCCCCC4CCC(CC4)C[C@@H](C(=O)N(C)CC(=O)N[C@@H](CCC4CCC(C(F)(F)F)C(OC)C4)C(=O)N2C1)N1CC/C=C\C[C@@H](C1=O)N(C)C(=O)CN(C)C(=O)[C@H]([C@@H](C)CC)NC3=O. The molecule has 109 heavy (non-hydrogen) atoms. The zero-order valence-electron chi connectivity index (χ0n) is 67.0. The third-order valence-electron chi connectivity index (χ3n) is 26.1. The molecule has 4 saturated carbocycles. The van der Waals surface area contributed by atoms with E-state index in [1.54, 1.807) is 24.8 Å². The van der Waals surface area contributed by atoms with Crippen LogP contribution in [0.2, 0.25) is 0 Å². The predicted octanol–water partition coefficient (Wildman–Crippen LogP) is 6.61. The summed E-state index contributed by atoms with van der Waals surface area (Å²) in [6.45, 7) is 9.08. The molecule has 6 bridgehead atoms. The van der Waals surface area contributed by atoms with E-state index in [0.717, 1.165) is 51.4 Å². The topological polar surface area (TPSA) is 289 Å². The van der Waals surface area contributed by atoms with Gasteiger partial charge in [0.25, 0.3) is 0 Å². The number of fused-ring (bicyclic) bond motifs is 22. The zero-order valence-corrected chi connectivity index (χ0v) is 67.0. The molecule has 0 aromatic rings. The van der Waals surface area contributed by atoms with E-state index in [1.807, 2.05) is 26.8 Å². The summed E-state index contributed by atoms with van der Waals surface area (Å²) >= 11 is 0. The van der Waals surface area contributed by atoms with Gasteiger partial charge < -0.3 is 69.5 Å². The normalized spacial score (nSPS) is 33.0. The van der Waals surface area contributed by atoms with E-state index in [2.05, 4.69) is 16.0 Å². The second-order valence-corrected chi connectivity index (χ2v) is 34.4. The molecule has 0 aromatic carbocycles. The lowest BCUT2D eigenvalue weighted by Crippen LogP contribution is -2.71. The number of carbonyl (C=O) groups is 12. The Morgan fingerprint density at radius 3 is 1.89 bits per heavy atom. The van der Waals surface area contributed by atoms with Crippen LogP contribution < -0.4 is 16.0 Å². The van der Waals surface area contributed by atoms with Crippen molar-refractivity contribution in [2.75, 3.05) is 95.3 Å². The Morgan fingerprint density at radius 2 is 1.25 bits per heavy atom. The van der Waals surface area contributed by atoms with Gasteiger partial charge in [-0.15, -0.1) is 0 Å². The number of carbonyl (C=O) groups excluding carboxylic acids is 12. The van der Waals surface area contributed by atoms with Crippen molar-refractivity contribution in [1.82, 2.24) is 60.0 Å². The van der Waals surface area contributed by atoms with Crippen LogP contribution in [0.15, 0.2) is 12.2 Å². The van der Waals surface area contributed by atoms with Gasteiger partial charge in [0.15, 0.2) is 0 Å². The van der Waals surface area contributed by atoms with Gasteiger partial charge in [0, 0.05) is 88.6 Å². The van der Waals surface area contributed by atoms with Gasteiger partial charge in [-0.3, -0.25) is 57.5 Å². The Labute approximate surface area is 643 Å². The number of alkyl halides is 3. The minimum Gasteiger partial charge on any atom is -0.381 e. The van der Waals surface area contributed by atoms with Gasteiger partial charge in [-0.25, -0.2) is 0 Å². The number of amides is 12. The van der Waals surface area contributed by atoms with Gasteiger partial charge in [-0.1, -0.05) is 110 Å². The van der Waals surface area contributed by atoms with Crippen LogP contribution in [0.5, 0.6) is 0 Å². The molecular formula is C80H127F3N12O14. The Hall–Kier alpha value is -6.91. The number of hydrogen-bond donors (Lipinski definition) is 3. The van der Waals surface area contributed by atoms with Crippen LogP contribution >= 0.6 is 0 Å². The zero-order chi connectivity index (χ0) is 79.6. The van der Waals surface area contributed by atoms with Crippen LogP contribution in [0.3, 0.4) is 0 Å². The van der Waals surface area contributed by atoms with Crippen LogP contribution in [-0.4, -0.2) is 283 Å². The lowest BCUT2D eigenvalue weighted by molar-refractivity contribution is -0.215. The van der Waals surface area contributed by atoms with Crippen LogP contribution in [-0.2, 0) is 67.0 Å². The summed E-state index contributed by atoms with van der Waals surface area (Å²) < 4.78 is 54.8. The first-order valence-corrected chi connectivity index (χ1v) is 40.9. The third kappa shape index (κ3) is 20.7. The fraction of sp³-hybridized carbons (Fsp3) is 0.825. The summed E-state index contributed by atoms with van der Waals surface area (Å²) in [4.78, 5) is 197. The van der Waals surface area contributed by atoms with E-state index in [4.69, 9.17) is 9.47 Å². The molecule has 29 heteroatoms. The fourth-order valence-electron chi connectivity index (χ4n) is 19.6. The number of halogens is 3. The van der Waals surface area contributed by atoms with Gasteiger partial charge in [0.05, 0.1) is 37.6 Å². The molecule has 612 valence electrons. The van der Waals surface area contributed by atoms with E-state index in [9.17, 15) is 22.8 Å². The molecule has 1 spiro atoms. The Bertz CT molecular complexity index is 3280. The van der Waals surface area contributed by atoms with Crippen LogP contribution in [0.1, 0.15) is 214 Å². The Morgan fingerprint density at radius 1 is 0.606 bits per heavy atom. The van der Waals surface area contributed by atoms with Gasteiger partial charge in [0.2, 0.25) is 70.9 Å². The standard InChI is InChI=1S/C80H127F3N12O14/c1-13-50(3)67-75(105)88(7)47-66(98)90(9)59-29-19-16-22-40-94(74(59)104)62-41-52-32-30-51(31-33-52)25-17-15-18-28-58(69(99)85-67)89(8)65(97)44-61(73(103)93-38-23-24-39-93)91(10)76(106)68(54-26-20-21-27-54)92(11)77(107)79(48-78(4,5)49-79)86-70(100)60-43-55(109-14-2)45-95(60)71(101)57(84-64(96)46-87(6)72(62)102)37-35-53-34-36-56(80(81,82)83)63(42-53)108-12/h16,19,50-63,67-68H,13-15,17-18,20-49H2,1-12H3,(H,84,96)(H,85,99)(H,86,100)/b19-16-/t50-,51?,52?,53?,55+,56?,57-,58-,59-,60-,61-,62-,63?,67-,68-/m0/s1. The number of likely N-dealkylation sites (N-methyl/N-ethyl adjacent to an activating group) is 6. The van der Waals surface area contributed by atoms with Crippen molar-refractivity contribution in [3.63, 3.8) is 0 Å². The monoisotopic (exact) mass is 1540 g/mol. The van der Waals surface area contributed by atoms with Crippen molar-refractivity contribution in [2.24, 2.45) is 40.9 Å². The molecule has 4 aliphatic carbocycles. The van der Waals surface area contributed by atoms with Gasteiger partial charge >= 0.3 is 6.18 Å². The second kappa shape index (κ2) is 37.6. The smallest absolute Gasteiger partial charge is 0.381 e. The number of nitrogens with one attached hydrogen (secondary N) is 3. The summed E-state index contributed by atoms with van der Waals surface area (Å²) in [6, 6.07) is -9.96. The summed E-state index contributed by atoms with van der Waals surface area (Å²) in [5, 5.41) is 9.04. The first-order chi connectivity index (χ1) is 51.6. The predicted molar refractivity (Wildman–Crippen MR) is 401 cm³/mol.